The van der Waals surface area contributed by atoms with Crippen molar-refractivity contribution in [3.63, 3.8) is 0 Å². The third-order valence-corrected chi connectivity index (χ3v) is 6.70. The molecule has 4 rings (SSSR count). The largest absolute Gasteiger partial charge is 0.474 e. The molecule has 0 radical (unpaired) electrons. The van der Waals surface area contributed by atoms with Gasteiger partial charge in [0.2, 0.25) is 5.60 Å². The van der Waals surface area contributed by atoms with Gasteiger partial charge in [-0.15, -0.1) is 0 Å². The predicted octanol–water partition coefficient (Wildman–Crippen LogP) is 4.90. The standard InChI is InChI=1S/C23H25BrO4/c1-21(2)9-15(25)19-16(10-21)28-23(17(26)11-22(3,4)12-18(23)27)20(19)13-5-7-14(24)8-6-13/h5-8,20H,9-12H2,1-4H3. The summed E-state index contributed by atoms with van der Waals surface area (Å²) in [7, 11) is 0. The summed E-state index contributed by atoms with van der Waals surface area (Å²) in [4.78, 5) is 40.0. The van der Waals surface area contributed by atoms with Crippen LogP contribution < -0.4 is 0 Å². The fraction of sp³-hybridized carbons (Fsp3) is 0.522. The molecule has 1 atom stereocenters. The molecular weight excluding hydrogens is 420 g/mol. The van der Waals surface area contributed by atoms with Gasteiger partial charge >= 0.3 is 0 Å². The van der Waals surface area contributed by atoms with E-state index >= 15 is 0 Å². The number of benzene rings is 1. The maximum absolute atomic E-state index is 13.4. The van der Waals surface area contributed by atoms with E-state index in [0.717, 1.165) is 10.0 Å². The van der Waals surface area contributed by atoms with E-state index in [1.807, 2.05) is 52.0 Å². The second-order valence-electron chi connectivity index (χ2n) is 9.96. The summed E-state index contributed by atoms with van der Waals surface area (Å²) in [6, 6.07) is 7.51. The summed E-state index contributed by atoms with van der Waals surface area (Å²) in [6.07, 6.45) is 1.49. The van der Waals surface area contributed by atoms with Crippen molar-refractivity contribution in [3.8, 4) is 0 Å². The van der Waals surface area contributed by atoms with Gasteiger partial charge in [-0.05, 0) is 28.5 Å². The first-order chi connectivity index (χ1) is 13.0. The van der Waals surface area contributed by atoms with Crippen molar-refractivity contribution in [3.05, 3.63) is 45.6 Å². The van der Waals surface area contributed by atoms with E-state index < -0.39 is 11.5 Å². The molecule has 148 valence electrons. The van der Waals surface area contributed by atoms with Crippen molar-refractivity contribution in [2.24, 2.45) is 10.8 Å². The number of hydrogen-bond acceptors (Lipinski definition) is 4. The predicted molar refractivity (Wildman–Crippen MR) is 109 cm³/mol. The highest BCUT2D eigenvalue weighted by atomic mass is 79.9. The molecule has 0 bridgehead atoms. The average Bonchev–Trinajstić information content (AvgIpc) is 2.88. The molecule has 1 aromatic carbocycles. The van der Waals surface area contributed by atoms with Crippen molar-refractivity contribution in [1.29, 1.82) is 0 Å². The lowest BCUT2D eigenvalue weighted by Crippen LogP contribution is -2.57. The summed E-state index contributed by atoms with van der Waals surface area (Å²) in [5.41, 5.74) is -0.916. The van der Waals surface area contributed by atoms with E-state index in [1.54, 1.807) is 0 Å². The highest BCUT2D eigenvalue weighted by Gasteiger charge is 2.65. The van der Waals surface area contributed by atoms with E-state index in [-0.39, 0.29) is 41.0 Å². The molecule has 1 spiro atoms. The molecule has 3 aliphatic rings. The van der Waals surface area contributed by atoms with Crippen LogP contribution in [0.1, 0.15) is 64.9 Å². The molecule has 0 amide bonds. The Morgan fingerprint density at radius 1 is 0.857 bits per heavy atom. The minimum Gasteiger partial charge on any atom is -0.474 e. The molecule has 5 heteroatoms. The van der Waals surface area contributed by atoms with Crippen molar-refractivity contribution < 1.29 is 19.1 Å². The number of allylic oxidation sites excluding steroid dienone is 1. The van der Waals surface area contributed by atoms with Crippen molar-refractivity contribution in [1.82, 2.24) is 0 Å². The van der Waals surface area contributed by atoms with Crippen LogP contribution in [0.15, 0.2) is 40.1 Å². The Kier molecular flexibility index (Phi) is 4.28. The maximum Gasteiger partial charge on any atom is 0.234 e. The molecule has 2 aliphatic carbocycles. The number of carbonyl (C=O) groups is 3. The fourth-order valence-corrected chi connectivity index (χ4v) is 5.25. The number of rotatable bonds is 1. The van der Waals surface area contributed by atoms with Crippen LogP contribution in [0, 0.1) is 10.8 Å². The van der Waals surface area contributed by atoms with Crippen LogP contribution in [0.4, 0.5) is 0 Å². The van der Waals surface area contributed by atoms with Crippen molar-refractivity contribution in [2.45, 2.75) is 64.9 Å². The summed E-state index contributed by atoms with van der Waals surface area (Å²) in [6.45, 7) is 7.90. The number of hydrogen-bond donors (Lipinski definition) is 0. The van der Waals surface area contributed by atoms with Gasteiger partial charge in [-0.1, -0.05) is 55.8 Å². The topological polar surface area (TPSA) is 60.4 Å². The minimum absolute atomic E-state index is 0.0125. The first-order valence-corrected chi connectivity index (χ1v) is 10.5. The van der Waals surface area contributed by atoms with Crippen molar-refractivity contribution >= 4 is 33.3 Å². The normalized spacial score (nSPS) is 27.8. The van der Waals surface area contributed by atoms with Gasteiger partial charge in [0.25, 0.3) is 0 Å². The number of carbonyl (C=O) groups excluding carboxylic acids is 3. The Morgan fingerprint density at radius 2 is 1.39 bits per heavy atom. The Morgan fingerprint density at radius 3 is 1.96 bits per heavy atom. The molecule has 28 heavy (non-hydrogen) atoms. The monoisotopic (exact) mass is 444 g/mol. The molecule has 1 saturated carbocycles. The van der Waals surface area contributed by atoms with Gasteiger partial charge in [-0.3, -0.25) is 14.4 Å². The zero-order valence-corrected chi connectivity index (χ0v) is 18.3. The van der Waals surface area contributed by atoms with Crippen LogP contribution in [-0.2, 0) is 19.1 Å². The average molecular weight is 445 g/mol. The summed E-state index contributed by atoms with van der Waals surface area (Å²) in [5.74, 6) is -0.546. The van der Waals surface area contributed by atoms with Crippen LogP contribution in [-0.4, -0.2) is 23.0 Å². The molecule has 1 fully saturated rings. The van der Waals surface area contributed by atoms with E-state index in [4.69, 9.17) is 4.74 Å². The van der Waals surface area contributed by atoms with Crippen LogP contribution in [0.5, 0.6) is 0 Å². The highest BCUT2D eigenvalue weighted by Crippen LogP contribution is 2.57. The third-order valence-electron chi connectivity index (χ3n) is 6.17. The van der Waals surface area contributed by atoms with Gasteiger partial charge in [0.05, 0.1) is 5.92 Å². The van der Waals surface area contributed by atoms with Gasteiger partial charge in [0, 0.05) is 35.7 Å². The molecule has 0 saturated heterocycles. The van der Waals surface area contributed by atoms with Crippen LogP contribution in [0.3, 0.4) is 0 Å². The number of ether oxygens (including phenoxy) is 1. The zero-order chi connectivity index (χ0) is 20.5. The molecule has 0 N–H and O–H groups in total. The van der Waals surface area contributed by atoms with E-state index in [2.05, 4.69) is 15.9 Å². The Labute approximate surface area is 173 Å². The Bertz CT molecular complexity index is 900. The second kappa shape index (κ2) is 6.12. The third kappa shape index (κ3) is 2.90. The zero-order valence-electron chi connectivity index (χ0n) is 16.7. The minimum atomic E-state index is -1.59. The molecule has 0 aromatic heterocycles. The molecule has 4 nitrogen and oxygen atoms in total. The lowest BCUT2D eigenvalue weighted by molar-refractivity contribution is -0.160. The lowest BCUT2D eigenvalue weighted by atomic mass is 9.61. The van der Waals surface area contributed by atoms with Crippen LogP contribution in [0.2, 0.25) is 0 Å². The van der Waals surface area contributed by atoms with Crippen LogP contribution in [0.25, 0.3) is 0 Å². The number of Topliss-reactive ketones (excluding diaryl/α,β-unsaturated/α-hetero) is 3. The van der Waals surface area contributed by atoms with Gasteiger partial charge in [0.15, 0.2) is 17.3 Å². The first kappa shape index (κ1) is 19.6. The second-order valence-corrected chi connectivity index (χ2v) is 10.9. The maximum atomic E-state index is 13.4. The SMILES string of the molecule is CC1(C)CC(=O)C2(OC3=C(C(=O)CC(C)(C)C3)C2c2ccc(Br)cc2)C(=O)C1. The molecule has 1 aromatic rings. The summed E-state index contributed by atoms with van der Waals surface area (Å²) in [5, 5.41) is 0. The number of halogens is 1. The summed E-state index contributed by atoms with van der Waals surface area (Å²) < 4.78 is 7.16. The summed E-state index contributed by atoms with van der Waals surface area (Å²) >= 11 is 3.43. The van der Waals surface area contributed by atoms with E-state index in [1.165, 1.54) is 0 Å². The van der Waals surface area contributed by atoms with E-state index in [0.29, 0.717) is 24.2 Å². The van der Waals surface area contributed by atoms with Gasteiger partial charge in [-0.25, -0.2) is 0 Å². The van der Waals surface area contributed by atoms with Crippen molar-refractivity contribution in [2.75, 3.05) is 0 Å². The first-order valence-electron chi connectivity index (χ1n) is 9.73. The van der Waals surface area contributed by atoms with Gasteiger partial charge < -0.3 is 4.74 Å². The Hall–Kier alpha value is -1.75. The number of ketones is 3. The van der Waals surface area contributed by atoms with Gasteiger partial charge in [0.1, 0.15) is 5.76 Å². The molecule has 1 heterocycles. The van der Waals surface area contributed by atoms with E-state index in [9.17, 15) is 14.4 Å². The molecular formula is C23H25BrO4. The smallest absolute Gasteiger partial charge is 0.234 e. The molecule has 1 aliphatic heterocycles. The van der Waals surface area contributed by atoms with Gasteiger partial charge in [-0.2, -0.15) is 0 Å². The lowest BCUT2D eigenvalue weighted by Gasteiger charge is -2.41. The van der Waals surface area contributed by atoms with Crippen LogP contribution >= 0.6 is 15.9 Å². The fourth-order valence-electron chi connectivity index (χ4n) is 4.99. The quantitative estimate of drug-likeness (QED) is 0.577. The molecule has 1 unspecified atom stereocenters. The Balaban J connectivity index is 1.90. The highest BCUT2D eigenvalue weighted by molar-refractivity contribution is 9.10.